The molecule has 176 valence electrons. The zero-order valence-corrected chi connectivity index (χ0v) is 19.9. The molecule has 0 saturated carbocycles. The summed E-state index contributed by atoms with van der Waals surface area (Å²) in [5, 5.41) is 17.4. The summed E-state index contributed by atoms with van der Waals surface area (Å²) in [6.45, 7) is 4.27. The van der Waals surface area contributed by atoms with Crippen molar-refractivity contribution in [1.82, 2.24) is 30.4 Å². The van der Waals surface area contributed by atoms with E-state index in [-0.39, 0.29) is 6.61 Å². The van der Waals surface area contributed by atoms with Crippen molar-refractivity contribution in [1.29, 1.82) is 0 Å². The van der Waals surface area contributed by atoms with Gasteiger partial charge in [-0.15, -0.1) is 0 Å². The Morgan fingerprint density at radius 3 is 2.62 bits per heavy atom. The molecule has 0 saturated heterocycles. The molecule has 9 nitrogen and oxygen atoms in total. The largest absolute Gasteiger partial charge is 0.491 e. The Balaban J connectivity index is 1.74. The van der Waals surface area contributed by atoms with E-state index in [0.29, 0.717) is 46.6 Å². The maximum atomic E-state index is 9.97. The minimum atomic E-state index is -0.647. The first-order valence-corrected chi connectivity index (χ1v) is 11.1. The molecular formula is C24H25ClN6O3. The van der Waals surface area contributed by atoms with Gasteiger partial charge in [-0.1, -0.05) is 16.8 Å². The number of likely N-dealkylation sites (N-methyl/N-ethyl adjacent to an activating group) is 1. The summed E-state index contributed by atoms with van der Waals surface area (Å²) < 4.78 is 11.1. The molecule has 3 heterocycles. The number of aryl methyl sites for hydroxylation is 2. The van der Waals surface area contributed by atoms with Crippen LogP contribution in [0.5, 0.6) is 5.75 Å². The highest BCUT2D eigenvalue weighted by molar-refractivity contribution is 6.31. The molecule has 0 bridgehead atoms. The summed E-state index contributed by atoms with van der Waals surface area (Å²) >= 11 is 6.38. The minimum absolute atomic E-state index is 0.125. The molecule has 0 aliphatic heterocycles. The second kappa shape index (κ2) is 10.7. The number of hydrogen-bond acceptors (Lipinski definition) is 9. The predicted molar refractivity (Wildman–Crippen MR) is 128 cm³/mol. The third-order valence-electron chi connectivity index (χ3n) is 5.08. The number of hydrogen-bond donors (Lipinski definition) is 2. The van der Waals surface area contributed by atoms with Crippen molar-refractivity contribution in [2.24, 2.45) is 0 Å². The number of aliphatic hydroxyl groups excluding tert-OH is 1. The van der Waals surface area contributed by atoms with E-state index in [1.165, 1.54) is 6.33 Å². The monoisotopic (exact) mass is 480 g/mol. The van der Waals surface area contributed by atoms with E-state index < -0.39 is 6.10 Å². The maximum Gasteiger partial charge on any atom is 0.160 e. The highest BCUT2D eigenvalue weighted by Gasteiger charge is 2.17. The first-order valence-electron chi connectivity index (χ1n) is 10.7. The molecule has 0 radical (unpaired) electrons. The molecule has 1 atom stereocenters. The summed E-state index contributed by atoms with van der Waals surface area (Å²) in [6.07, 6.45) is 4.88. The lowest BCUT2D eigenvalue weighted by Gasteiger charge is -2.13. The van der Waals surface area contributed by atoms with Gasteiger partial charge in [0.15, 0.2) is 5.82 Å². The molecule has 4 aromatic rings. The molecule has 0 aliphatic carbocycles. The standard InChI is InChI=1S/C24H25ClN6O3/c1-14-23(15(2)34-31-14)22-8-19(4-16-9-27-13-28-10-16)29-24(30-22)17-5-18(25)7-21(6-17)33-12-20(32)11-26-3/h5-10,13,20,26,32H,4,11-12H2,1-3H3. The average molecular weight is 481 g/mol. The highest BCUT2D eigenvalue weighted by Crippen LogP contribution is 2.31. The second-order valence-corrected chi connectivity index (χ2v) is 8.33. The van der Waals surface area contributed by atoms with E-state index in [9.17, 15) is 5.11 Å². The molecule has 0 spiro atoms. The van der Waals surface area contributed by atoms with Crippen molar-refractivity contribution < 1.29 is 14.4 Å². The Labute approximate surface area is 202 Å². The first kappa shape index (κ1) is 23.7. The van der Waals surface area contributed by atoms with Gasteiger partial charge in [-0.25, -0.2) is 19.9 Å². The Hall–Kier alpha value is -3.40. The number of rotatable bonds is 9. The molecule has 1 aromatic carbocycles. The molecule has 0 fully saturated rings. The number of aromatic nitrogens is 5. The Bertz CT molecular complexity index is 1250. The number of ether oxygens (including phenoxy) is 1. The topological polar surface area (TPSA) is 119 Å². The summed E-state index contributed by atoms with van der Waals surface area (Å²) in [4.78, 5) is 17.8. The van der Waals surface area contributed by atoms with Crippen molar-refractivity contribution in [3.63, 3.8) is 0 Å². The second-order valence-electron chi connectivity index (χ2n) is 7.89. The van der Waals surface area contributed by atoms with Gasteiger partial charge in [0.2, 0.25) is 0 Å². The van der Waals surface area contributed by atoms with Crippen molar-refractivity contribution in [3.8, 4) is 28.4 Å². The summed E-state index contributed by atoms with van der Waals surface area (Å²) in [6, 6.07) is 7.19. The Morgan fingerprint density at radius 2 is 1.91 bits per heavy atom. The van der Waals surface area contributed by atoms with Crippen LogP contribution in [-0.2, 0) is 6.42 Å². The van der Waals surface area contributed by atoms with E-state index in [1.807, 2.05) is 19.9 Å². The van der Waals surface area contributed by atoms with Gasteiger partial charge in [0.1, 0.15) is 30.5 Å². The zero-order chi connectivity index (χ0) is 24.1. The number of halogens is 1. The third-order valence-corrected chi connectivity index (χ3v) is 5.30. The molecular weight excluding hydrogens is 456 g/mol. The lowest BCUT2D eigenvalue weighted by Crippen LogP contribution is -2.29. The van der Waals surface area contributed by atoms with Gasteiger partial charge >= 0.3 is 0 Å². The van der Waals surface area contributed by atoms with Gasteiger partial charge in [-0.2, -0.15) is 0 Å². The summed E-state index contributed by atoms with van der Waals surface area (Å²) in [5.74, 6) is 1.67. The molecule has 0 aliphatic rings. The van der Waals surface area contributed by atoms with Crippen LogP contribution in [0, 0.1) is 13.8 Å². The fourth-order valence-electron chi connectivity index (χ4n) is 3.59. The van der Waals surface area contributed by atoms with E-state index in [2.05, 4.69) is 20.4 Å². The van der Waals surface area contributed by atoms with E-state index in [4.69, 9.17) is 30.8 Å². The van der Waals surface area contributed by atoms with Crippen LogP contribution in [0.3, 0.4) is 0 Å². The summed E-state index contributed by atoms with van der Waals surface area (Å²) in [7, 11) is 1.77. The average Bonchev–Trinajstić information content (AvgIpc) is 3.16. The van der Waals surface area contributed by atoms with Gasteiger partial charge in [-0.05, 0) is 50.7 Å². The van der Waals surface area contributed by atoms with Crippen LogP contribution in [0.2, 0.25) is 5.02 Å². The molecule has 2 N–H and O–H groups in total. The molecule has 3 aromatic heterocycles. The third kappa shape index (κ3) is 5.74. The number of benzene rings is 1. The number of nitrogens with zero attached hydrogens (tertiary/aromatic N) is 5. The van der Waals surface area contributed by atoms with Crippen LogP contribution in [0.25, 0.3) is 22.6 Å². The van der Waals surface area contributed by atoms with Crippen LogP contribution in [0.4, 0.5) is 0 Å². The fourth-order valence-corrected chi connectivity index (χ4v) is 3.81. The lowest BCUT2D eigenvalue weighted by atomic mass is 10.1. The van der Waals surface area contributed by atoms with Gasteiger partial charge < -0.3 is 19.7 Å². The van der Waals surface area contributed by atoms with E-state index in [1.54, 1.807) is 37.6 Å². The Kier molecular flexibility index (Phi) is 7.46. The van der Waals surface area contributed by atoms with E-state index >= 15 is 0 Å². The molecule has 0 amide bonds. The van der Waals surface area contributed by atoms with Gasteiger partial charge in [-0.3, -0.25) is 0 Å². The SMILES string of the molecule is CNCC(O)COc1cc(Cl)cc(-c2nc(Cc3cncnc3)cc(-c3c(C)noc3C)n2)c1. The highest BCUT2D eigenvalue weighted by atomic mass is 35.5. The van der Waals surface area contributed by atoms with Crippen LogP contribution < -0.4 is 10.1 Å². The quantitative estimate of drug-likeness (QED) is 0.371. The van der Waals surface area contributed by atoms with Gasteiger partial charge in [0.25, 0.3) is 0 Å². The van der Waals surface area contributed by atoms with Crippen molar-refractivity contribution in [3.05, 3.63) is 70.7 Å². The van der Waals surface area contributed by atoms with Crippen molar-refractivity contribution >= 4 is 11.6 Å². The maximum absolute atomic E-state index is 9.97. The normalized spacial score (nSPS) is 12.0. The van der Waals surface area contributed by atoms with E-state index in [0.717, 1.165) is 22.5 Å². The fraction of sp³-hybridized carbons (Fsp3) is 0.292. The molecule has 4 rings (SSSR count). The lowest BCUT2D eigenvalue weighted by molar-refractivity contribution is 0.108. The predicted octanol–water partition coefficient (Wildman–Crippen LogP) is 3.41. The molecule has 34 heavy (non-hydrogen) atoms. The zero-order valence-electron chi connectivity index (χ0n) is 19.1. The van der Waals surface area contributed by atoms with Crippen LogP contribution in [-0.4, -0.2) is 56.5 Å². The molecule has 1 unspecified atom stereocenters. The number of aliphatic hydroxyl groups is 1. The van der Waals surface area contributed by atoms with Gasteiger partial charge in [0, 0.05) is 41.6 Å². The van der Waals surface area contributed by atoms with Crippen LogP contribution in [0.15, 0.2) is 47.5 Å². The van der Waals surface area contributed by atoms with Crippen LogP contribution in [0.1, 0.15) is 22.7 Å². The Morgan fingerprint density at radius 1 is 1.12 bits per heavy atom. The summed E-state index contributed by atoms with van der Waals surface area (Å²) in [5.41, 5.74) is 4.64. The number of nitrogens with one attached hydrogen (secondary N) is 1. The molecule has 10 heteroatoms. The smallest absolute Gasteiger partial charge is 0.160 e. The van der Waals surface area contributed by atoms with Crippen molar-refractivity contribution in [2.75, 3.05) is 20.2 Å². The van der Waals surface area contributed by atoms with Crippen molar-refractivity contribution in [2.45, 2.75) is 26.4 Å². The minimum Gasteiger partial charge on any atom is -0.491 e. The first-order chi connectivity index (χ1) is 16.4. The van der Waals surface area contributed by atoms with Crippen LogP contribution >= 0.6 is 11.6 Å². The van der Waals surface area contributed by atoms with Gasteiger partial charge in [0.05, 0.1) is 17.0 Å².